The van der Waals surface area contributed by atoms with Gasteiger partial charge in [0, 0.05) is 19.5 Å². The van der Waals surface area contributed by atoms with Crippen molar-refractivity contribution in [1.29, 1.82) is 5.26 Å². The topological polar surface area (TPSA) is 114 Å². The summed E-state index contributed by atoms with van der Waals surface area (Å²) < 4.78 is 0. The Morgan fingerprint density at radius 3 is 2.90 bits per heavy atom. The van der Waals surface area contributed by atoms with Crippen LogP contribution in [0.5, 0.6) is 0 Å². The molecule has 1 heterocycles. The molecule has 1 fully saturated rings. The van der Waals surface area contributed by atoms with Crippen molar-refractivity contribution in [3.05, 3.63) is 35.4 Å². The van der Waals surface area contributed by atoms with Crippen molar-refractivity contribution < 1.29 is 19.8 Å². The molecular weight excluding hydrogens is 274 g/mol. The normalized spacial score (nSPS) is 20.9. The molecule has 7 nitrogen and oxygen atoms in total. The number of nitrogens with one attached hydrogen (secondary N) is 1. The highest BCUT2D eigenvalue weighted by Crippen LogP contribution is 2.18. The van der Waals surface area contributed by atoms with Gasteiger partial charge in [0.25, 0.3) is 0 Å². The van der Waals surface area contributed by atoms with Gasteiger partial charge in [0.2, 0.25) is 0 Å². The number of aliphatic carboxylic acids is 1. The molecule has 1 aliphatic heterocycles. The van der Waals surface area contributed by atoms with Crippen molar-refractivity contribution in [3.8, 4) is 6.07 Å². The number of carbonyl (C=O) groups excluding carboxylic acids is 1. The minimum Gasteiger partial charge on any atom is -0.480 e. The molecule has 1 aromatic rings. The van der Waals surface area contributed by atoms with E-state index in [1.54, 1.807) is 24.3 Å². The second-order valence-corrected chi connectivity index (χ2v) is 4.87. The van der Waals surface area contributed by atoms with E-state index in [1.165, 1.54) is 0 Å². The predicted molar refractivity (Wildman–Crippen MR) is 72.1 cm³/mol. The number of hydrogen-bond donors (Lipinski definition) is 3. The highest BCUT2D eigenvalue weighted by molar-refractivity contribution is 5.83. The fraction of sp³-hybridized carbons (Fsp3) is 0.357. The summed E-state index contributed by atoms with van der Waals surface area (Å²) in [6, 6.07) is 7.22. The average Bonchev–Trinajstić information content (AvgIpc) is 2.87. The average molecular weight is 289 g/mol. The predicted octanol–water partition coefficient (Wildman–Crippen LogP) is 0.288. The second kappa shape index (κ2) is 6.24. The van der Waals surface area contributed by atoms with E-state index in [4.69, 9.17) is 10.4 Å². The molecule has 3 N–H and O–H groups in total. The number of aliphatic hydroxyl groups excluding tert-OH is 1. The molecule has 0 unspecified atom stereocenters. The highest BCUT2D eigenvalue weighted by atomic mass is 16.4. The van der Waals surface area contributed by atoms with Gasteiger partial charge in [-0.2, -0.15) is 5.26 Å². The lowest BCUT2D eigenvalue weighted by Gasteiger charge is -2.21. The molecule has 0 radical (unpaired) electrons. The van der Waals surface area contributed by atoms with Gasteiger partial charge < -0.3 is 20.4 Å². The minimum absolute atomic E-state index is 0.00103. The molecule has 7 heteroatoms. The third-order valence-electron chi connectivity index (χ3n) is 3.32. The number of nitrogens with zero attached hydrogens (tertiary/aromatic N) is 2. The Labute approximate surface area is 121 Å². The van der Waals surface area contributed by atoms with Crippen LogP contribution in [0.3, 0.4) is 0 Å². The molecule has 0 aromatic heterocycles. The van der Waals surface area contributed by atoms with Gasteiger partial charge in [0.15, 0.2) is 0 Å². The second-order valence-electron chi connectivity index (χ2n) is 4.87. The summed E-state index contributed by atoms with van der Waals surface area (Å²) in [7, 11) is 0. The Morgan fingerprint density at radius 1 is 1.48 bits per heavy atom. The maximum atomic E-state index is 12.0. The zero-order valence-corrected chi connectivity index (χ0v) is 11.2. The van der Waals surface area contributed by atoms with Gasteiger partial charge in [-0.05, 0) is 17.7 Å². The summed E-state index contributed by atoms with van der Waals surface area (Å²) in [6.07, 6.45) is -0.786. The quantitative estimate of drug-likeness (QED) is 0.740. The molecule has 1 aliphatic rings. The van der Waals surface area contributed by atoms with Crippen molar-refractivity contribution in [2.45, 2.75) is 25.1 Å². The highest BCUT2D eigenvalue weighted by Gasteiger charge is 2.38. The number of carboxylic acid groups (broad SMARTS) is 1. The molecule has 0 aliphatic carbocycles. The van der Waals surface area contributed by atoms with Crippen LogP contribution in [0.15, 0.2) is 24.3 Å². The van der Waals surface area contributed by atoms with Crippen LogP contribution in [0.4, 0.5) is 4.79 Å². The van der Waals surface area contributed by atoms with Crippen LogP contribution in [0.25, 0.3) is 0 Å². The van der Waals surface area contributed by atoms with Crippen molar-refractivity contribution in [2.75, 3.05) is 6.54 Å². The van der Waals surface area contributed by atoms with Gasteiger partial charge in [-0.1, -0.05) is 12.1 Å². The number of β-amino-alcohol motifs (C(OH)–C–C–N with tert-alkyl or cyclic N) is 1. The van der Waals surface area contributed by atoms with Gasteiger partial charge in [-0.25, -0.2) is 9.59 Å². The van der Waals surface area contributed by atoms with Crippen molar-refractivity contribution in [2.24, 2.45) is 0 Å². The van der Waals surface area contributed by atoms with Gasteiger partial charge in [-0.15, -0.1) is 0 Å². The van der Waals surface area contributed by atoms with Crippen LogP contribution in [-0.2, 0) is 11.3 Å². The maximum absolute atomic E-state index is 12.0. The number of carbonyl (C=O) groups is 2. The van der Waals surface area contributed by atoms with Gasteiger partial charge in [0.1, 0.15) is 6.04 Å². The molecule has 2 atom stereocenters. The van der Waals surface area contributed by atoms with E-state index < -0.39 is 24.1 Å². The number of hydrogen-bond acceptors (Lipinski definition) is 4. The van der Waals surface area contributed by atoms with E-state index in [0.29, 0.717) is 5.56 Å². The fourth-order valence-corrected chi connectivity index (χ4v) is 2.30. The van der Waals surface area contributed by atoms with Crippen LogP contribution in [-0.4, -0.2) is 45.8 Å². The van der Waals surface area contributed by atoms with Gasteiger partial charge >= 0.3 is 12.0 Å². The zero-order chi connectivity index (χ0) is 15.4. The third-order valence-corrected chi connectivity index (χ3v) is 3.32. The number of rotatable bonds is 3. The number of likely N-dealkylation sites (tertiary alicyclic amines) is 1. The SMILES string of the molecule is N#Cc1cccc(CNC(=O)N2C[C@H](O)C[C@@H]2C(=O)O)c1. The maximum Gasteiger partial charge on any atom is 0.326 e. The Balaban J connectivity index is 1.98. The Kier molecular flexibility index (Phi) is 4.40. The molecule has 21 heavy (non-hydrogen) atoms. The first kappa shape index (κ1) is 14.8. The molecular formula is C14H15N3O4. The summed E-state index contributed by atoms with van der Waals surface area (Å²) in [5, 5.41) is 29.9. The van der Waals surface area contributed by atoms with E-state index in [-0.39, 0.29) is 19.5 Å². The lowest BCUT2D eigenvalue weighted by Crippen LogP contribution is -2.45. The van der Waals surface area contributed by atoms with Crippen LogP contribution < -0.4 is 5.32 Å². The Bertz CT molecular complexity index is 596. The van der Waals surface area contributed by atoms with Crippen molar-refractivity contribution >= 4 is 12.0 Å². The summed E-state index contributed by atoms with van der Waals surface area (Å²) in [5.41, 5.74) is 1.23. The number of carboxylic acids is 1. The van der Waals surface area contributed by atoms with Crippen molar-refractivity contribution in [3.63, 3.8) is 0 Å². The van der Waals surface area contributed by atoms with E-state index in [9.17, 15) is 14.7 Å². The molecule has 0 saturated carbocycles. The smallest absolute Gasteiger partial charge is 0.326 e. The van der Waals surface area contributed by atoms with Gasteiger partial charge in [-0.3, -0.25) is 0 Å². The zero-order valence-electron chi connectivity index (χ0n) is 11.2. The number of amides is 2. The Hall–Kier alpha value is -2.59. The van der Waals surface area contributed by atoms with Crippen molar-refractivity contribution in [1.82, 2.24) is 10.2 Å². The van der Waals surface area contributed by atoms with E-state index >= 15 is 0 Å². The largest absolute Gasteiger partial charge is 0.480 e. The van der Waals surface area contributed by atoms with Gasteiger partial charge in [0.05, 0.1) is 17.7 Å². The van der Waals surface area contributed by atoms with E-state index in [0.717, 1.165) is 10.5 Å². The summed E-state index contributed by atoms with van der Waals surface area (Å²) >= 11 is 0. The van der Waals surface area contributed by atoms with E-state index in [1.807, 2.05) is 6.07 Å². The minimum atomic E-state index is -1.13. The lowest BCUT2D eigenvalue weighted by atomic mass is 10.1. The number of urea groups is 1. The molecule has 110 valence electrons. The monoisotopic (exact) mass is 289 g/mol. The first-order valence-electron chi connectivity index (χ1n) is 6.45. The third kappa shape index (κ3) is 3.49. The molecule has 0 spiro atoms. The lowest BCUT2D eigenvalue weighted by molar-refractivity contribution is -0.141. The first-order valence-corrected chi connectivity index (χ1v) is 6.45. The number of nitriles is 1. The summed E-state index contributed by atoms with van der Waals surface area (Å²) in [6.45, 7) is 0.189. The molecule has 1 saturated heterocycles. The van der Waals surface area contributed by atoms with Crippen LogP contribution in [0, 0.1) is 11.3 Å². The van der Waals surface area contributed by atoms with Crippen LogP contribution >= 0.6 is 0 Å². The number of aliphatic hydroxyl groups is 1. The molecule has 2 rings (SSSR count). The standard InChI is InChI=1S/C14H15N3O4/c15-6-9-2-1-3-10(4-9)7-16-14(21)17-8-11(18)5-12(17)13(19)20/h1-4,11-12,18H,5,7-8H2,(H,16,21)(H,19,20)/t11-,12-/m1/s1. The first-order chi connectivity index (χ1) is 10.0. The van der Waals surface area contributed by atoms with Crippen LogP contribution in [0.2, 0.25) is 0 Å². The molecule has 1 aromatic carbocycles. The van der Waals surface area contributed by atoms with E-state index in [2.05, 4.69) is 5.32 Å². The fourth-order valence-electron chi connectivity index (χ4n) is 2.30. The molecule has 0 bridgehead atoms. The van der Waals surface area contributed by atoms with Crippen LogP contribution in [0.1, 0.15) is 17.5 Å². The molecule has 2 amide bonds. The summed E-state index contributed by atoms with van der Waals surface area (Å²) in [4.78, 5) is 24.2. The Morgan fingerprint density at radius 2 is 2.24 bits per heavy atom. The number of benzene rings is 1. The summed E-state index contributed by atoms with van der Waals surface area (Å²) in [5.74, 6) is -1.13.